The van der Waals surface area contributed by atoms with Crippen LogP contribution in [0, 0.1) is 0 Å². The number of hydrogen-bond donors (Lipinski definition) is 1. The van der Waals surface area contributed by atoms with Crippen molar-refractivity contribution in [2.45, 2.75) is 0 Å². The third kappa shape index (κ3) is 4.32. The van der Waals surface area contributed by atoms with Gasteiger partial charge in [-0.05, 0) is 88.0 Å². The van der Waals surface area contributed by atoms with E-state index in [0.29, 0.717) is 29.3 Å². The molecule has 0 bridgehead atoms. The number of nitrogens with two attached hydrogens (primary N) is 1. The minimum atomic E-state index is -1.07. The van der Waals surface area contributed by atoms with Gasteiger partial charge in [-0.25, -0.2) is 0 Å². The summed E-state index contributed by atoms with van der Waals surface area (Å²) in [6, 6.07) is 7.06. The van der Waals surface area contributed by atoms with E-state index in [9.17, 15) is 9.59 Å². The zero-order valence-electron chi connectivity index (χ0n) is 11.4. The SMILES string of the molecule is NC(=O)C(=O)N(c1c(Br)cc(Br)cc1Br)c1c(Br)cc(Br)cc1Br. The standard InChI is InChI=1S/C14H6Br6N2O2/c15-5-1-7(17)11(8(18)2-5)22(14(24)13(21)23)12-9(19)3-6(16)4-10(12)20/h1-4H,(H2,21,23). The van der Waals surface area contributed by atoms with Crippen molar-refractivity contribution in [2.24, 2.45) is 5.73 Å². The van der Waals surface area contributed by atoms with E-state index in [1.54, 1.807) is 24.3 Å². The molecular formula is C14H6Br6N2O2. The van der Waals surface area contributed by atoms with Gasteiger partial charge in [0.25, 0.3) is 0 Å². The lowest BCUT2D eigenvalue weighted by molar-refractivity contribution is -0.135. The maximum atomic E-state index is 12.6. The van der Waals surface area contributed by atoms with Crippen molar-refractivity contribution in [2.75, 3.05) is 4.90 Å². The molecule has 0 unspecified atom stereocenters. The first kappa shape index (κ1) is 20.6. The molecule has 2 N–H and O–H groups in total. The van der Waals surface area contributed by atoms with Gasteiger partial charge < -0.3 is 5.73 Å². The molecule has 2 rings (SSSR count). The van der Waals surface area contributed by atoms with E-state index >= 15 is 0 Å². The molecule has 2 amide bonds. The fourth-order valence-electron chi connectivity index (χ4n) is 1.92. The van der Waals surface area contributed by atoms with Gasteiger partial charge in [0.1, 0.15) is 0 Å². The smallest absolute Gasteiger partial charge is 0.320 e. The van der Waals surface area contributed by atoms with Gasteiger partial charge in [-0.3, -0.25) is 14.5 Å². The van der Waals surface area contributed by atoms with Crippen molar-refractivity contribution in [3.05, 3.63) is 51.1 Å². The van der Waals surface area contributed by atoms with E-state index < -0.39 is 11.8 Å². The van der Waals surface area contributed by atoms with E-state index in [1.807, 2.05) is 0 Å². The van der Waals surface area contributed by atoms with Gasteiger partial charge in [-0.2, -0.15) is 0 Å². The summed E-state index contributed by atoms with van der Waals surface area (Å²) in [6.07, 6.45) is 0. The summed E-state index contributed by atoms with van der Waals surface area (Å²) in [5, 5.41) is 0. The molecule has 10 heteroatoms. The lowest BCUT2D eigenvalue weighted by Gasteiger charge is -2.26. The monoisotopic (exact) mass is 708 g/mol. The van der Waals surface area contributed by atoms with Crippen LogP contribution < -0.4 is 10.6 Å². The highest BCUT2D eigenvalue weighted by atomic mass is 79.9. The molecule has 24 heavy (non-hydrogen) atoms. The van der Waals surface area contributed by atoms with Crippen LogP contribution in [-0.2, 0) is 9.59 Å². The minimum absolute atomic E-state index is 0.450. The van der Waals surface area contributed by atoms with Crippen LogP contribution in [0.1, 0.15) is 0 Å². The summed E-state index contributed by atoms with van der Waals surface area (Å²) in [4.78, 5) is 25.4. The Morgan fingerprint density at radius 2 is 1.00 bits per heavy atom. The van der Waals surface area contributed by atoms with E-state index in [4.69, 9.17) is 5.73 Å². The van der Waals surface area contributed by atoms with Gasteiger partial charge in [-0.1, -0.05) is 31.9 Å². The molecule has 0 aliphatic carbocycles. The quantitative estimate of drug-likeness (QED) is 0.366. The lowest BCUT2D eigenvalue weighted by Crippen LogP contribution is -2.38. The number of carbonyl (C=O) groups is 2. The Bertz CT molecular complexity index is 752. The first-order chi connectivity index (χ1) is 11.1. The van der Waals surface area contributed by atoms with E-state index in [1.165, 1.54) is 4.90 Å². The summed E-state index contributed by atoms with van der Waals surface area (Å²) in [7, 11) is 0. The van der Waals surface area contributed by atoms with Crippen LogP contribution in [0.3, 0.4) is 0 Å². The Morgan fingerprint density at radius 3 is 1.25 bits per heavy atom. The maximum absolute atomic E-state index is 12.6. The van der Waals surface area contributed by atoms with E-state index in [-0.39, 0.29) is 0 Å². The van der Waals surface area contributed by atoms with Crippen molar-refractivity contribution in [1.29, 1.82) is 0 Å². The van der Waals surface area contributed by atoms with Gasteiger partial charge in [0.15, 0.2) is 0 Å². The van der Waals surface area contributed by atoms with Crippen molar-refractivity contribution in [3.63, 3.8) is 0 Å². The highest BCUT2D eigenvalue weighted by Crippen LogP contribution is 2.46. The molecular weight excluding hydrogens is 708 g/mol. The second kappa shape index (κ2) is 8.30. The predicted molar refractivity (Wildman–Crippen MR) is 115 cm³/mol. The highest BCUT2D eigenvalue weighted by Gasteiger charge is 2.30. The van der Waals surface area contributed by atoms with Gasteiger partial charge in [-0.15, -0.1) is 0 Å². The highest BCUT2D eigenvalue weighted by molar-refractivity contribution is 9.12. The Balaban J connectivity index is 2.83. The molecule has 0 atom stereocenters. The fourth-order valence-corrected chi connectivity index (χ4v) is 7.15. The number of primary amides is 1. The molecule has 0 fully saturated rings. The molecule has 2 aromatic carbocycles. The van der Waals surface area contributed by atoms with Gasteiger partial charge >= 0.3 is 11.8 Å². The lowest BCUT2D eigenvalue weighted by atomic mass is 10.2. The number of hydrogen-bond acceptors (Lipinski definition) is 2. The average molecular weight is 714 g/mol. The summed E-state index contributed by atoms with van der Waals surface area (Å²) in [5.74, 6) is -1.94. The third-order valence-electron chi connectivity index (χ3n) is 2.82. The summed E-state index contributed by atoms with van der Waals surface area (Å²) in [6.45, 7) is 0. The first-order valence-electron chi connectivity index (χ1n) is 6.06. The third-order valence-corrected chi connectivity index (χ3v) is 6.16. The number of nitrogens with zero attached hydrogens (tertiary/aromatic N) is 1. The zero-order chi connectivity index (χ0) is 18.2. The summed E-state index contributed by atoms with van der Waals surface area (Å²) < 4.78 is 3.98. The van der Waals surface area contributed by atoms with Crippen molar-refractivity contribution >= 4 is 119 Å². The second-order valence-electron chi connectivity index (χ2n) is 4.44. The maximum Gasteiger partial charge on any atom is 0.320 e. The topological polar surface area (TPSA) is 63.4 Å². The number of amides is 2. The van der Waals surface area contributed by atoms with Crippen molar-refractivity contribution in [3.8, 4) is 0 Å². The number of carbonyl (C=O) groups excluding carboxylic acids is 2. The molecule has 0 heterocycles. The Hall–Kier alpha value is 0.260. The largest absolute Gasteiger partial charge is 0.361 e. The van der Waals surface area contributed by atoms with Crippen LogP contribution in [0.2, 0.25) is 0 Å². The Kier molecular flexibility index (Phi) is 7.12. The van der Waals surface area contributed by atoms with Crippen LogP contribution in [0.25, 0.3) is 0 Å². The fraction of sp³-hybridized carbons (Fsp3) is 0. The molecule has 0 saturated carbocycles. The predicted octanol–water partition coefficient (Wildman–Crippen LogP) is 6.41. The Morgan fingerprint density at radius 1 is 0.708 bits per heavy atom. The van der Waals surface area contributed by atoms with Crippen LogP contribution in [-0.4, -0.2) is 11.8 Å². The van der Waals surface area contributed by atoms with Crippen molar-refractivity contribution < 1.29 is 9.59 Å². The first-order valence-corrected chi connectivity index (χ1v) is 10.8. The number of halogens is 6. The van der Waals surface area contributed by atoms with E-state index in [2.05, 4.69) is 95.6 Å². The molecule has 0 spiro atoms. The minimum Gasteiger partial charge on any atom is -0.361 e. The van der Waals surface area contributed by atoms with Gasteiger partial charge in [0.05, 0.1) is 11.4 Å². The average Bonchev–Trinajstić information content (AvgIpc) is 2.42. The Labute approximate surface area is 188 Å². The van der Waals surface area contributed by atoms with Crippen LogP contribution in [0.4, 0.5) is 11.4 Å². The molecule has 2 aromatic rings. The van der Waals surface area contributed by atoms with Gasteiger partial charge in [0.2, 0.25) is 0 Å². The van der Waals surface area contributed by atoms with Crippen LogP contribution >= 0.6 is 95.6 Å². The molecule has 0 radical (unpaired) electrons. The molecule has 0 aromatic heterocycles. The van der Waals surface area contributed by atoms with E-state index in [0.717, 1.165) is 8.95 Å². The molecule has 126 valence electrons. The van der Waals surface area contributed by atoms with Crippen LogP contribution in [0.15, 0.2) is 51.1 Å². The molecule has 0 aliphatic heterocycles. The number of benzene rings is 2. The summed E-state index contributed by atoms with van der Waals surface area (Å²) in [5.41, 5.74) is 6.16. The zero-order valence-corrected chi connectivity index (χ0v) is 20.9. The van der Waals surface area contributed by atoms with Crippen molar-refractivity contribution in [1.82, 2.24) is 0 Å². The normalized spacial score (nSPS) is 10.6. The van der Waals surface area contributed by atoms with Crippen LogP contribution in [0.5, 0.6) is 0 Å². The number of anilines is 2. The van der Waals surface area contributed by atoms with Gasteiger partial charge in [0, 0.05) is 26.8 Å². The molecule has 0 aliphatic rings. The molecule has 4 nitrogen and oxygen atoms in total. The number of rotatable bonds is 2. The second-order valence-corrected chi connectivity index (χ2v) is 9.69. The molecule has 0 saturated heterocycles. The summed E-state index contributed by atoms with van der Waals surface area (Å²) >= 11 is 20.5.